The maximum atomic E-state index is 11.3. The molecule has 0 atom stereocenters. The van der Waals surface area contributed by atoms with E-state index in [2.05, 4.69) is 15.1 Å². The molecular formula is C9H9N3O2S. The minimum Gasteiger partial charge on any atom is -0.361 e. The zero-order valence-corrected chi connectivity index (χ0v) is 9.09. The molecule has 0 spiro atoms. The van der Waals surface area contributed by atoms with Gasteiger partial charge in [-0.1, -0.05) is 16.9 Å². The number of rotatable bonds is 2. The zero-order valence-electron chi connectivity index (χ0n) is 8.27. The molecule has 0 fully saturated rings. The van der Waals surface area contributed by atoms with Gasteiger partial charge in [-0.05, 0) is 13.2 Å². The van der Waals surface area contributed by atoms with Crippen LogP contribution in [0.4, 0.5) is 0 Å². The Morgan fingerprint density at radius 1 is 1.53 bits per heavy atom. The summed E-state index contributed by atoms with van der Waals surface area (Å²) in [4.78, 5) is 18.2. The fourth-order valence-electron chi connectivity index (χ4n) is 1.21. The maximum Gasteiger partial charge on any atom is 0.252 e. The highest BCUT2D eigenvalue weighted by Crippen LogP contribution is 2.20. The van der Waals surface area contributed by atoms with Gasteiger partial charge in [-0.15, -0.1) is 0 Å². The van der Waals surface area contributed by atoms with Crippen LogP contribution in [-0.4, -0.2) is 21.4 Å². The highest BCUT2D eigenvalue weighted by molar-refractivity contribution is 7.98. The van der Waals surface area contributed by atoms with Gasteiger partial charge in [0.1, 0.15) is 5.76 Å². The van der Waals surface area contributed by atoms with Gasteiger partial charge >= 0.3 is 0 Å². The number of H-pyrrole nitrogens is 1. The molecule has 0 aliphatic carbocycles. The lowest BCUT2D eigenvalue weighted by Crippen LogP contribution is -2.07. The molecule has 78 valence electrons. The predicted molar refractivity (Wildman–Crippen MR) is 56.9 cm³/mol. The van der Waals surface area contributed by atoms with Gasteiger partial charge in [0.2, 0.25) is 0 Å². The van der Waals surface area contributed by atoms with E-state index in [4.69, 9.17) is 4.52 Å². The zero-order chi connectivity index (χ0) is 10.8. The fourth-order valence-corrected chi connectivity index (χ4v) is 1.61. The van der Waals surface area contributed by atoms with Crippen molar-refractivity contribution < 1.29 is 4.52 Å². The lowest BCUT2D eigenvalue weighted by molar-refractivity contribution is 0.398. The molecular weight excluding hydrogens is 214 g/mol. The first-order valence-electron chi connectivity index (χ1n) is 4.27. The summed E-state index contributed by atoms with van der Waals surface area (Å²) in [7, 11) is 0. The van der Waals surface area contributed by atoms with Crippen molar-refractivity contribution >= 4 is 11.8 Å². The monoisotopic (exact) mass is 223 g/mol. The van der Waals surface area contributed by atoms with Gasteiger partial charge in [0, 0.05) is 6.07 Å². The molecule has 0 aromatic carbocycles. The third kappa shape index (κ3) is 1.94. The van der Waals surface area contributed by atoms with Crippen molar-refractivity contribution in [2.24, 2.45) is 0 Å². The molecule has 15 heavy (non-hydrogen) atoms. The minimum absolute atomic E-state index is 0.176. The molecule has 0 aliphatic rings. The number of aromatic nitrogens is 3. The molecule has 2 heterocycles. The first-order valence-corrected chi connectivity index (χ1v) is 5.50. The summed E-state index contributed by atoms with van der Waals surface area (Å²) >= 11 is 1.38. The van der Waals surface area contributed by atoms with Crippen LogP contribution in [0, 0.1) is 6.92 Å². The summed E-state index contributed by atoms with van der Waals surface area (Å²) in [6.45, 7) is 1.78. The van der Waals surface area contributed by atoms with Crippen LogP contribution in [0.1, 0.15) is 5.76 Å². The summed E-state index contributed by atoms with van der Waals surface area (Å²) in [6, 6.07) is 1.43. The van der Waals surface area contributed by atoms with Crippen molar-refractivity contribution in [3.63, 3.8) is 0 Å². The molecule has 2 rings (SSSR count). The molecule has 0 bridgehead atoms. The van der Waals surface area contributed by atoms with E-state index < -0.39 is 0 Å². The Hall–Kier alpha value is -1.56. The number of aryl methyl sites for hydroxylation is 1. The second-order valence-electron chi connectivity index (χ2n) is 2.94. The average Bonchev–Trinajstić information content (AvgIpc) is 2.63. The maximum absolute atomic E-state index is 11.3. The van der Waals surface area contributed by atoms with Gasteiger partial charge in [-0.2, -0.15) is 0 Å². The molecule has 5 nitrogen and oxygen atoms in total. The number of nitrogens with one attached hydrogen (secondary N) is 1. The molecule has 0 radical (unpaired) electrons. The Kier molecular flexibility index (Phi) is 2.59. The largest absolute Gasteiger partial charge is 0.361 e. The van der Waals surface area contributed by atoms with E-state index in [1.807, 2.05) is 6.26 Å². The molecule has 0 saturated heterocycles. The van der Waals surface area contributed by atoms with Crippen molar-refractivity contribution in [3.8, 4) is 11.3 Å². The first-order chi connectivity index (χ1) is 7.20. The number of hydrogen-bond acceptors (Lipinski definition) is 5. The van der Waals surface area contributed by atoms with Gasteiger partial charge in [-0.3, -0.25) is 4.79 Å². The molecule has 2 aromatic heterocycles. The Morgan fingerprint density at radius 2 is 2.33 bits per heavy atom. The smallest absolute Gasteiger partial charge is 0.252 e. The standard InChI is InChI=1S/C9H9N3O2S/c1-5-6(4-10-14-5)7-3-8(13)12-9(11-7)15-2/h3-4H,1-2H3,(H,11,12,13). The van der Waals surface area contributed by atoms with Crippen molar-refractivity contribution in [3.05, 3.63) is 28.4 Å². The van der Waals surface area contributed by atoms with Crippen LogP contribution in [0.5, 0.6) is 0 Å². The summed E-state index contributed by atoms with van der Waals surface area (Å²) in [5.74, 6) is 0.653. The van der Waals surface area contributed by atoms with Crippen molar-refractivity contribution in [2.75, 3.05) is 6.26 Å². The summed E-state index contributed by atoms with van der Waals surface area (Å²) in [5, 5.41) is 4.23. The van der Waals surface area contributed by atoms with E-state index in [-0.39, 0.29) is 5.56 Å². The normalized spacial score (nSPS) is 10.5. The quantitative estimate of drug-likeness (QED) is 0.616. The number of nitrogens with zero attached hydrogens (tertiary/aromatic N) is 2. The highest BCUT2D eigenvalue weighted by Gasteiger charge is 2.09. The summed E-state index contributed by atoms with van der Waals surface area (Å²) in [5.41, 5.74) is 1.16. The van der Waals surface area contributed by atoms with Gasteiger partial charge in [-0.25, -0.2) is 4.98 Å². The topological polar surface area (TPSA) is 71.8 Å². The van der Waals surface area contributed by atoms with Crippen LogP contribution in [0.15, 0.2) is 26.7 Å². The number of aromatic amines is 1. The fraction of sp³-hybridized carbons (Fsp3) is 0.222. The number of hydrogen-bond donors (Lipinski definition) is 1. The van der Waals surface area contributed by atoms with Crippen LogP contribution in [0.25, 0.3) is 11.3 Å². The molecule has 1 N–H and O–H groups in total. The van der Waals surface area contributed by atoms with Crippen molar-refractivity contribution in [1.82, 2.24) is 15.1 Å². The first kappa shape index (κ1) is 9.97. The van der Waals surface area contributed by atoms with Crippen LogP contribution < -0.4 is 5.56 Å². The van der Waals surface area contributed by atoms with Crippen molar-refractivity contribution in [2.45, 2.75) is 12.1 Å². The Labute approximate surface area is 89.9 Å². The van der Waals surface area contributed by atoms with E-state index in [1.165, 1.54) is 17.8 Å². The Bertz CT molecular complexity index is 532. The molecule has 0 unspecified atom stereocenters. The van der Waals surface area contributed by atoms with Crippen LogP contribution in [0.3, 0.4) is 0 Å². The van der Waals surface area contributed by atoms with Gasteiger partial charge in [0.05, 0.1) is 17.5 Å². The third-order valence-electron chi connectivity index (χ3n) is 1.94. The highest BCUT2D eigenvalue weighted by atomic mass is 32.2. The summed E-state index contributed by atoms with van der Waals surface area (Å²) in [6.07, 6.45) is 3.41. The summed E-state index contributed by atoms with van der Waals surface area (Å²) < 4.78 is 4.92. The van der Waals surface area contributed by atoms with E-state index in [0.29, 0.717) is 16.6 Å². The molecule has 0 amide bonds. The average molecular weight is 223 g/mol. The SMILES string of the molecule is CSc1nc(-c2cnoc2C)cc(=O)[nH]1. The Morgan fingerprint density at radius 3 is 2.93 bits per heavy atom. The predicted octanol–water partition coefficient (Wildman–Crippen LogP) is 1.46. The van der Waals surface area contributed by atoms with Gasteiger partial charge in [0.25, 0.3) is 5.56 Å². The second-order valence-corrected chi connectivity index (χ2v) is 3.73. The molecule has 2 aromatic rings. The minimum atomic E-state index is -0.176. The molecule has 0 aliphatic heterocycles. The third-order valence-corrected chi connectivity index (χ3v) is 2.52. The van der Waals surface area contributed by atoms with Crippen LogP contribution in [-0.2, 0) is 0 Å². The molecule has 6 heteroatoms. The van der Waals surface area contributed by atoms with E-state index in [0.717, 1.165) is 5.56 Å². The lowest BCUT2D eigenvalue weighted by atomic mass is 10.2. The van der Waals surface area contributed by atoms with Crippen LogP contribution >= 0.6 is 11.8 Å². The second kappa shape index (κ2) is 3.90. The van der Waals surface area contributed by atoms with Gasteiger partial charge < -0.3 is 9.51 Å². The van der Waals surface area contributed by atoms with Crippen molar-refractivity contribution in [1.29, 1.82) is 0 Å². The lowest BCUT2D eigenvalue weighted by Gasteiger charge is -1.99. The van der Waals surface area contributed by atoms with E-state index in [1.54, 1.807) is 13.1 Å². The van der Waals surface area contributed by atoms with Crippen LogP contribution in [0.2, 0.25) is 0 Å². The molecule has 0 saturated carbocycles. The number of thioether (sulfide) groups is 1. The van der Waals surface area contributed by atoms with E-state index in [9.17, 15) is 4.79 Å². The van der Waals surface area contributed by atoms with Gasteiger partial charge in [0.15, 0.2) is 5.16 Å². The Balaban J connectivity index is 2.58. The van der Waals surface area contributed by atoms with E-state index >= 15 is 0 Å².